The zero-order valence-electron chi connectivity index (χ0n) is 13.3. The van der Waals surface area contributed by atoms with Crippen LogP contribution in [0.25, 0.3) is 0 Å². The van der Waals surface area contributed by atoms with Crippen LogP contribution in [0.2, 0.25) is 0 Å². The van der Waals surface area contributed by atoms with E-state index < -0.39 is 0 Å². The average Bonchev–Trinajstić information content (AvgIpc) is 2.86. The largest absolute Gasteiger partial charge is 0.444 e. The lowest BCUT2D eigenvalue weighted by molar-refractivity contribution is -0.138. The Kier molecular flexibility index (Phi) is 4.75. The molecule has 2 fully saturated rings. The Labute approximate surface area is 130 Å². The lowest BCUT2D eigenvalue weighted by Crippen LogP contribution is -2.57. The first-order valence-corrected chi connectivity index (χ1v) is 7.88. The van der Waals surface area contributed by atoms with Crippen LogP contribution in [0.4, 0.5) is 0 Å². The fourth-order valence-electron chi connectivity index (χ4n) is 2.87. The van der Waals surface area contributed by atoms with Crippen molar-refractivity contribution in [1.82, 2.24) is 20.1 Å². The Hall–Kier alpha value is -1.44. The molecule has 0 spiro atoms. The van der Waals surface area contributed by atoms with Gasteiger partial charge in [0.2, 0.25) is 11.8 Å². The van der Waals surface area contributed by atoms with Crippen LogP contribution >= 0.6 is 0 Å². The molecule has 1 N–H and O–H groups in total. The van der Waals surface area contributed by atoms with E-state index in [0.29, 0.717) is 19.8 Å². The van der Waals surface area contributed by atoms with Gasteiger partial charge >= 0.3 is 0 Å². The third-order valence-corrected chi connectivity index (χ3v) is 4.34. The van der Waals surface area contributed by atoms with E-state index in [0.717, 1.165) is 50.1 Å². The molecule has 7 nitrogen and oxygen atoms in total. The van der Waals surface area contributed by atoms with Gasteiger partial charge in [-0.25, -0.2) is 4.98 Å². The van der Waals surface area contributed by atoms with Crippen LogP contribution in [0, 0.1) is 13.8 Å². The topological polar surface area (TPSA) is 70.8 Å². The van der Waals surface area contributed by atoms with Crippen molar-refractivity contribution < 1.29 is 13.9 Å². The number of piperazine rings is 1. The van der Waals surface area contributed by atoms with Crippen LogP contribution in [0.5, 0.6) is 0 Å². The van der Waals surface area contributed by atoms with E-state index in [2.05, 4.69) is 15.2 Å². The molecule has 7 heteroatoms. The van der Waals surface area contributed by atoms with Gasteiger partial charge in [0.1, 0.15) is 11.8 Å². The number of hydrogen-bond acceptors (Lipinski definition) is 6. The van der Waals surface area contributed by atoms with Crippen molar-refractivity contribution >= 4 is 5.91 Å². The summed E-state index contributed by atoms with van der Waals surface area (Å²) in [4.78, 5) is 21.0. The molecule has 22 heavy (non-hydrogen) atoms. The Morgan fingerprint density at radius 2 is 2.09 bits per heavy atom. The molecule has 0 saturated carbocycles. The number of amides is 1. The fourth-order valence-corrected chi connectivity index (χ4v) is 2.87. The molecule has 1 aromatic rings. The van der Waals surface area contributed by atoms with Crippen LogP contribution in [0.3, 0.4) is 0 Å². The summed E-state index contributed by atoms with van der Waals surface area (Å²) >= 11 is 0. The number of hydrogen-bond donors (Lipinski definition) is 1. The smallest absolute Gasteiger partial charge is 0.242 e. The van der Waals surface area contributed by atoms with E-state index in [1.54, 1.807) is 0 Å². The van der Waals surface area contributed by atoms with Crippen LogP contribution in [0.1, 0.15) is 17.3 Å². The summed E-state index contributed by atoms with van der Waals surface area (Å²) in [5, 5.41) is 3.22. The molecule has 3 heterocycles. The molecule has 0 radical (unpaired) electrons. The Balaban J connectivity index is 1.48. The van der Waals surface area contributed by atoms with Crippen molar-refractivity contribution in [3.8, 4) is 0 Å². The number of aromatic nitrogens is 1. The van der Waals surface area contributed by atoms with Crippen molar-refractivity contribution in [2.24, 2.45) is 0 Å². The van der Waals surface area contributed by atoms with Crippen LogP contribution in [-0.4, -0.2) is 72.7 Å². The molecule has 2 aliphatic rings. The highest BCUT2D eigenvalue weighted by molar-refractivity contribution is 5.82. The molecule has 3 rings (SSSR count). The van der Waals surface area contributed by atoms with E-state index >= 15 is 0 Å². The Morgan fingerprint density at radius 3 is 2.68 bits per heavy atom. The lowest BCUT2D eigenvalue weighted by Gasteiger charge is -2.36. The highest BCUT2D eigenvalue weighted by Crippen LogP contribution is 2.13. The standard InChI is InChI=1S/C15H24N4O3/c1-11-12(2)22-14(17-11)9-18-4-6-19(7-5-18)15(20)13-10-21-8-3-16-13/h13,16H,3-10H2,1-2H3/t13-/m0/s1. The molecule has 0 aromatic carbocycles. The van der Waals surface area contributed by atoms with Gasteiger partial charge in [0.15, 0.2) is 0 Å². The summed E-state index contributed by atoms with van der Waals surface area (Å²) in [5.74, 6) is 1.80. The van der Waals surface area contributed by atoms with Gasteiger partial charge in [-0.15, -0.1) is 0 Å². The number of oxazole rings is 1. The first-order chi connectivity index (χ1) is 10.6. The zero-order chi connectivity index (χ0) is 15.5. The molecule has 0 aliphatic carbocycles. The molecule has 1 atom stereocenters. The summed E-state index contributed by atoms with van der Waals surface area (Å²) < 4.78 is 11.0. The molecular weight excluding hydrogens is 284 g/mol. The minimum absolute atomic E-state index is 0.155. The third kappa shape index (κ3) is 3.48. The highest BCUT2D eigenvalue weighted by atomic mass is 16.5. The molecule has 0 unspecified atom stereocenters. The summed E-state index contributed by atoms with van der Waals surface area (Å²) in [5.41, 5.74) is 0.951. The predicted molar refractivity (Wildman–Crippen MR) is 80.4 cm³/mol. The summed E-state index contributed by atoms with van der Waals surface area (Å²) in [7, 11) is 0. The van der Waals surface area contributed by atoms with E-state index in [-0.39, 0.29) is 11.9 Å². The van der Waals surface area contributed by atoms with Gasteiger partial charge in [0.25, 0.3) is 0 Å². The Bertz CT molecular complexity index is 497. The van der Waals surface area contributed by atoms with Gasteiger partial charge in [0.05, 0.1) is 25.5 Å². The SMILES string of the molecule is Cc1nc(CN2CCN(C(=O)[C@@H]3COCCN3)CC2)oc1C. The first-order valence-electron chi connectivity index (χ1n) is 7.88. The highest BCUT2D eigenvalue weighted by Gasteiger charge is 2.29. The second kappa shape index (κ2) is 6.76. The van der Waals surface area contributed by atoms with Crippen LogP contribution < -0.4 is 5.32 Å². The number of aryl methyl sites for hydroxylation is 2. The monoisotopic (exact) mass is 308 g/mol. The van der Waals surface area contributed by atoms with Gasteiger partial charge in [-0.2, -0.15) is 0 Å². The number of carbonyl (C=O) groups excluding carboxylic acids is 1. The quantitative estimate of drug-likeness (QED) is 0.842. The number of ether oxygens (including phenoxy) is 1. The van der Waals surface area contributed by atoms with Gasteiger partial charge in [-0.1, -0.05) is 0 Å². The second-order valence-electron chi connectivity index (χ2n) is 5.93. The van der Waals surface area contributed by atoms with E-state index in [9.17, 15) is 4.79 Å². The number of nitrogens with zero attached hydrogens (tertiary/aromatic N) is 3. The second-order valence-corrected chi connectivity index (χ2v) is 5.93. The molecule has 122 valence electrons. The van der Waals surface area contributed by atoms with Crippen LogP contribution in [0.15, 0.2) is 4.42 Å². The summed E-state index contributed by atoms with van der Waals surface area (Å²) in [6, 6.07) is -0.183. The summed E-state index contributed by atoms with van der Waals surface area (Å²) in [6.45, 7) is 9.70. The van der Waals surface area contributed by atoms with Gasteiger partial charge < -0.3 is 19.4 Å². The van der Waals surface area contributed by atoms with Gasteiger partial charge in [0, 0.05) is 32.7 Å². The van der Waals surface area contributed by atoms with Crippen molar-refractivity contribution in [2.75, 3.05) is 45.9 Å². The van der Waals surface area contributed by atoms with E-state index in [1.165, 1.54) is 0 Å². The number of carbonyl (C=O) groups is 1. The van der Waals surface area contributed by atoms with Gasteiger partial charge in [-0.3, -0.25) is 9.69 Å². The zero-order valence-corrected chi connectivity index (χ0v) is 13.3. The molecule has 2 saturated heterocycles. The fraction of sp³-hybridized carbons (Fsp3) is 0.733. The molecule has 1 aromatic heterocycles. The maximum Gasteiger partial charge on any atom is 0.242 e. The summed E-state index contributed by atoms with van der Waals surface area (Å²) in [6.07, 6.45) is 0. The van der Waals surface area contributed by atoms with E-state index in [1.807, 2.05) is 18.7 Å². The lowest BCUT2D eigenvalue weighted by atomic mass is 10.2. The first kappa shape index (κ1) is 15.5. The number of rotatable bonds is 3. The minimum atomic E-state index is -0.183. The van der Waals surface area contributed by atoms with Crippen molar-refractivity contribution in [1.29, 1.82) is 0 Å². The molecule has 1 amide bonds. The maximum absolute atomic E-state index is 12.4. The molecule has 0 bridgehead atoms. The van der Waals surface area contributed by atoms with Crippen molar-refractivity contribution in [3.05, 3.63) is 17.3 Å². The maximum atomic E-state index is 12.4. The number of morpholine rings is 1. The average molecular weight is 308 g/mol. The van der Waals surface area contributed by atoms with Crippen molar-refractivity contribution in [2.45, 2.75) is 26.4 Å². The number of nitrogens with one attached hydrogen (secondary N) is 1. The minimum Gasteiger partial charge on any atom is -0.444 e. The molecule has 2 aliphatic heterocycles. The van der Waals surface area contributed by atoms with Gasteiger partial charge in [-0.05, 0) is 13.8 Å². The molecular formula is C15H24N4O3. The van der Waals surface area contributed by atoms with E-state index in [4.69, 9.17) is 9.15 Å². The van der Waals surface area contributed by atoms with Crippen LogP contribution in [-0.2, 0) is 16.1 Å². The Morgan fingerprint density at radius 1 is 1.32 bits per heavy atom. The normalized spacial score (nSPS) is 23.7. The van der Waals surface area contributed by atoms with Crippen molar-refractivity contribution in [3.63, 3.8) is 0 Å². The predicted octanol–water partition coefficient (Wildman–Crippen LogP) is -0.0760. The third-order valence-electron chi connectivity index (χ3n) is 4.34.